The van der Waals surface area contributed by atoms with E-state index in [0.717, 1.165) is 6.20 Å². The van der Waals surface area contributed by atoms with Gasteiger partial charge in [-0.2, -0.15) is 4.98 Å². The molecule has 1 aliphatic heterocycles. The molecule has 2 heterocycles. The maximum absolute atomic E-state index is 13.4. The van der Waals surface area contributed by atoms with Gasteiger partial charge in [0.05, 0.1) is 6.20 Å². The number of rotatable bonds is 2. The van der Waals surface area contributed by atoms with Crippen LogP contribution in [0.3, 0.4) is 0 Å². The van der Waals surface area contributed by atoms with E-state index < -0.39 is 5.82 Å². The summed E-state index contributed by atoms with van der Waals surface area (Å²) < 4.78 is 23.8. The van der Waals surface area contributed by atoms with Crippen molar-refractivity contribution in [2.45, 2.75) is 0 Å². The molecule has 0 atom stereocenters. The summed E-state index contributed by atoms with van der Waals surface area (Å²) in [5.41, 5.74) is 6.02. The van der Waals surface area contributed by atoms with Crippen molar-refractivity contribution >= 4 is 17.5 Å². The van der Waals surface area contributed by atoms with Crippen molar-refractivity contribution in [3.05, 3.63) is 30.2 Å². The van der Waals surface area contributed by atoms with Gasteiger partial charge in [-0.25, -0.2) is 9.37 Å². The smallest absolute Gasteiger partial charge is 0.231 e. The van der Waals surface area contributed by atoms with Gasteiger partial charge in [0, 0.05) is 11.8 Å². The second kappa shape index (κ2) is 4.02. The Kier molecular flexibility index (Phi) is 2.36. The number of halogens is 1. The number of nitrogens with one attached hydrogen (secondary N) is 1. The van der Waals surface area contributed by atoms with Crippen LogP contribution in [0, 0.1) is 5.82 Å². The minimum absolute atomic E-state index is 0.000330. The molecule has 92 valence electrons. The number of nitrogens with zero attached hydrogens (tertiary/aromatic N) is 2. The molecule has 0 aliphatic carbocycles. The molecule has 0 saturated carbocycles. The minimum Gasteiger partial charge on any atom is -0.454 e. The lowest BCUT2D eigenvalue weighted by Gasteiger charge is -2.07. The summed E-state index contributed by atoms with van der Waals surface area (Å²) in [6.45, 7) is 0.188. The van der Waals surface area contributed by atoms with Crippen LogP contribution >= 0.6 is 0 Å². The van der Waals surface area contributed by atoms with E-state index in [1.807, 2.05) is 0 Å². The summed E-state index contributed by atoms with van der Waals surface area (Å²) in [5, 5.41) is 2.80. The largest absolute Gasteiger partial charge is 0.454 e. The first-order chi connectivity index (χ1) is 8.72. The third-order valence-corrected chi connectivity index (χ3v) is 2.40. The van der Waals surface area contributed by atoms with Gasteiger partial charge in [0.1, 0.15) is 0 Å². The second-order valence-corrected chi connectivity index (χ2v) is 3.62. The highest BCUT2D eigenvalue weighted by Crippen LogP contribution is 2.35. The molecule has 0 fully saturated rings. The number of fused-ring (bicyclic) bond motifs is 1. The zero-order valence-electron chi connectivity index (χ0n) is 9.18. The predicted molar refractivity (Wildman–Crippen MR) is 62.3 cm³/mol. The van der Waals surface area contributed by atoms with Crippen LogP contribution < -0.4 is 20.5 Å². The standard InChI is InChI=1S/C11H9FN4O2/c12-7-4-14-11(13)16-10(7)15-6-1-2-8-9(3-6)18-5-17-8/h1-4H,5H2,(H3,13,14,15,16). The Hall–Kier alpha value is -2.57. The topological polar surface area (TPSA) is 82.3 Å². The summed E-state index contributed by atoms with van der Waals surface area (Å²) in [7, 11) is 0. The highest BCUT2D eigenvalue weighted by molar-refractivity contribution is 5.62. The third-order valence-electron chi connectivity index (χ3n) is 2.40. The molecule has 0 amide bonds. The zero-order valence-corrected chi connectivity index (χ0v) is 9.18. The van der Waals surface area contributed by atoms with E-state index in [4.69, 9.17) is 15.2 Å². The van der Waals surface area contributed by atoms with Crippen molar-refractivity contribution in [1.82, 2.24) is 9.97 Å². The fourth-order valence-electron chi connectivity index (χ4n) is 1.58. The number of benzene rings is 1. The number of ether oxygens (including phenoxy) is 2. The molecule has 3 rings (SSSR count). The van der Waals surface area contributed by atoms with Crippen molar-refractivity contribution < 1.29 is 13.9 Å². The Morgan fingerprint density at radius 3 is 3.00 bits per heavy atom. The maximum atomic E-state index is 13.4. The van der Waals surface area contributed by atoms with Gasteiger partial charge in [-0.1, -0.05) is 0 Å². The third kappa shape index (κ3) is 1.86. The highest BCUT2D eigenvalue weighted by atomic mass is 19.1. The van der Waals surface area contributed by atoms with Gasteiger partial charge in [-0.15, -0.1) is 0 Å². The Bertz CT molecular complexity index is 606. The van der Waals surface area contributed by atoms with E-state index in [-0.39, 0.29) is 18.6 Å². The number of hydrogen-bond acceptors (Lipinski definition) is 6. The van der Waals surface area contributed by atoms with Crippen LogP contribution in [-0.2, 0) is 0 Å². The first-order valence-electron chi connectivity index (χ1n) is 5.17. The molecule has 1 aliphatic rings. The molecule has 6 nitrogen and oxygen atoms in total. The van der Waals surface area contributed by atoms with Crippen molar-refractivity contribution in [2.24, 2.45) is 0 Å². The minimum atomic E-state index is -0.582. The molecule has 0 spiro atoms. The van der Waals surface area contributed by atoms with Crippen molar-refractivity contribution in [3.8, 4) is 11.5 Å². The zero-order chi connectivity index (χ0) is 12.5. The van der Waals surface area contributed by atoms with Gasteiger partial charge in [0.15, 0.2) is 23.1 Å². The van der Waals surface area contributed by atoms with Crippen LogP contribution in [0.1, 0.15) is 0 Å². The van der Waals surface area contributed by atoms with Crippen LogP contribution in [0.25, 0.3) is 0 Å². The summed E-state index contributed by atoms with van der Waals surface area (Å²) in [6, 6.07) is 5.15. The van der Waals surface area contributed by atoms with Crippen molar-refractivity contribution in [1.29, 1.82) is 0 Å². The molecule has 0 unspecified atom stereocenters. The van der Waals surface area contributed by atoms with Gasteiger partial charge >= 0.3 is 0 Å². The Labute approximate surface area is 102 Å². The van der Waals surface area contributed by atoms with Crippen molar-refractivity contribution in [2.75, 3.05) is 17.8 Å². The molecule has 0 bridgehead atoms. The molecular formula is C11H9FN4O2. The molecular weight excluding hydrogens is 239 g/mol. The van der Waals surface area contributed by atoms with Gasteiger partial charge in [-0.05, 0) is 12.1 Å². The van der Waals surface area contributed by atoms with Gasteiger partial charge in [0.2, 0.25) is 12.7 Å². The number of anilines is 3. The average Bonchev–Trinajstić information content (AvgIpc) is 2.81. The van der Waals surface area contributed by atoms with Crippen molar-refractivity contribution in [3.63, 3.8) is 0 Å². The van der Waals surface area contributed by atoms with Crippen LogP contribution in [0.5, 0.6) is 11.5 Å². The number of nitrogens with two attached hydrogens (primary N) is 1. The van der Waals surface area contributed by atoms with Gasteiger partial charge < -0.3 is 20.5 Å². The first kappa shape index (κ1) is 10.6. The molecule has 0 radical (unpaired) electrons. The quantitative estimate of drug-likeness (QED) is 0.841. The average molecular weight is 248 g/mol. The molecule has 3 N–H and O–H groups in total. The summed E-state index contributed by atoms with van der Waals surface area (Å²) >= 11 is 0. The Balaban J connectivity index is 1.90. The molecule has 7 heteroatoms. The van der Waals surface area contributed by atoms with E-state index in [9.17, 15) is 4.39 Å². The summed E-state index contributed by atoms with van der Waals surface area (Å²) in [6.07, 6.45) is 1.01. The molecule has 1 aromatic carbocycles. The molecule has 2 aromatic rings. The van der Waals surface area contributed by atoms with Gasteiger partial charge in [0.25, 0.3) is 0 Å². The van der Waals surface area contributed by atoms with Gasteiger partial charge in [-0.3, -0.25) is 0 Å². The van der Waals surface area contributed by atoms with Crippen LogP contribution in [0.15, 0.2) is 24.4 Å². The molecule has 0 saturated heterocycles. The monoisotopic (exact) mass is 248 g/mol. The lowest BCUT2D eigenvalue weighted by atomic mass is 10.3. The highest BCUT2D eigenvalue weighted by Gasteiger charge is 2.14. The lowest BCUT2D eigenvalue weighted by molar-refractivity contribution is 0.174. The number of hydrogen-bond donors (Lipinski definition) is 2. The SMILES string of the molecule is Nc1ncc(F)c(Nc2ccc3c(c2)OCO3)n1. The Morgan fingerprint density at radius 2 is 2.11 bits per heavy atom. The predicted octanol–water partition coefficient (Wildman–Crippen LogP) is 1.67. The van der Waals surface area contributed by atoms with E-state index in [1.54, 1.807) is 18.2 Å². The van der Waals surface area contributed by atoms with E-state index in [2.05, 4.69) is 15.3 Å². The van der Waals surface area contributed by atoms with E-state index >= 15 is 0 Å². The maximum Gasteiger partial charge on any atom is 0.231 e. The van der Waals surface area contributed by atoms with Crippen LogP contribution in [0.2, 0.25) is 0 Å². The summed E-state index contributed by atoms with van der Waals surface area (Å²) in [4.78, 5) is 7.32. The second-order valence-electron chi connectivity index (χ2n) is 3.62. The fraction of sp³-hybridized carbons (Fsp3) is 0.0909. The van der Waals surface area contributed by atoms with Crippen LogP contribution in [-0.4, -0.2) is 16.8 Å². The molecule has 1 aromatic heterocycles. The van der Waals surface area contributed by atoms with E-state index in [1.165, 1.54) is 0 Å². The Morgan fingerprint density at radius 1 is 1.28 bits per heavy atom. The normalized spacial score (nSPS) is 12.5. The number of aromatic nitrogens is 2. The van der Waals surface area contributed by atoms with Crippen LogP contribution in [0.4, 0.5) is 21.8 Å². The number of nitrogen functional groups attached to an aromatic ring is 1. The first-order valence-corrected chi connectivity index (χ1v) is 5.17. The molecule has 18 heavy (non-hydrogen) atoms. The van der Waals surface area contributed by atoms with E-state index in [0.29, 0.717) is 17.2 Å². The summed E-state index contributed by atoms with van der Waals surface area (Å²) in [5.74, 6) is 0.688. The fourth-order valence-corrected chi connectivity index (χ4v) is 1.58. The lowest BCUT2D eigenvalue weighted by Crippen LogP contribution is -2.02.